The van der Waals surface area contributed by atoms with Crippen LogP contribution in [0.25, 0.3) is 11.1 Å². The second-order valence-corrected chi connectivity index (χ2v) is 7.99. The van der Waals surface area contributed by atoms with E-state index in [4.69, 9.17) is 4.74 Å². The first-order valence-corrected chi connectivity index (χ1v) is 10.2. The summed E-state index contributed by atoms with van der Waals surface area (Å²) < 4.78 is 5.48. The van der Waals surface area contributed by atoms with Gasteiger partial charge < -0.3 is 15.0 Å². The van der Waals surface area contributed by atoms with Gasteiger partial charge >= 0.3 is 0 Å². The van der Waals surface area contributed by atoms with E-state index in [2.05, 4.69) is 15.2 Å². The van der Waals surface area contributed by atoms with Gasteiger partial charge in [-0.2, -0.15) is 0 Å². The Balaban J connectivity index is 1.60. The molecule has 134 valence electrons. The minimum Gasteiger partial charge on any atom is -0.378 e. The van der Waals surface area contributed by atoms with Crippen LogP contribution in [-0.4, -0.2) is 37.2 Å². The molecule has 5 nitrogen and oxygen atoms in total. The van der Waals surface area contributed by atoms with Gasteiger partial charge in [0.25, 0.3) is 5.91 Å². The smallest absolute Gasteiger partial charge is 0.261 e. The van der Waals surface area contributed by atoms with Crippen LogP contribution in [0.3, 0.4) is 0 Å². The summed E-state index contributed by atoms with van der Waals surface area (Å²) >= 11 is 3.20. The first-order valence-electron chi connectivity index (χ1n) is 8.49. The van der Waals surface area contributed by atoms with Crippen molar-refractivity contribution in [1.29, 1.82) is 0 Å². The quantitative estimate of drug-likeness (QED) is 0.729. The third-order valence-corrected chi connectivity index (χ3v) is 6.30. The Bertz CT molecular complexity index is 856. The highest BCUT2D eigenvalue weighted by atomic mass is 32.1. The van der Waals surface area contributed by atoms with Crippen molar-refractivity contribution < 1.29 is 9.53 Å². The van der Waals surface area contributed by atoms with Crippen LogP contribution in [0.15, 0.2) is 48.1 Å². The largest absolute Gasteiger partial charge is 0.378 e. The van der Waals surface area contributed by atoms with Gasteiger partial charge in [0.15, 0.2) is 0 Å². The third kappa shape index (κ3) is 3.80. The van der Waals surface area contributed by atoms with Gasteiger partial charge in [-0.05, 0) is 35.2 Å². The first kappa shape index (κ1) is 17.2. The molecule has 26 heavy (non-hydrogen) atoms. The van der Waals surface area contributed by atoms with E-state index < -0.39 is 0 Å². The van der Waals surface area contributed by atoms with Crippen LogP contribution in [0.5, 0.6) is 0 Å². The lowest BCUT2D eigenvalue weighted by Crippen LogP contribution is -2.35. The van der Waals surface area contributed by atoms with E-state index in [1.54, 1.807) is 35.1 Å². The van der Waals surface area contributed by atoms with Crippen molar-refractivity contribution in [3.63, 3.8) is 0 Å². The molecule has 4 rings (SSSR count). The number of ether oxygens (including phenoxy) is 1. The van der Waals surface area contributed by atoms with Crippen molar-refractivity contribution in [2.45, 2.75) is 6.54 Å². The molecule has 0 saturated carbocycles. The highest BCUT2D eigenvalue weighted by Gasteiger charge is 2.21. The zero-order chi connectivity index (χ0) is 17.8. The second-order valence-electron chi connectivity index (χ2n) is 5.93. The number of hydrogen-bond acceptors (Lipinski definition) is 6. The van der Waals surface area contributed by atoms with E-state index in [0.717, 1.165) is 39.0 Å². The minimum absolute atomic E-state index is 0.0294. The molecular weight excluding hydrogens is 366 g/mol. The third-order valence-electron chi connectivity index (χ3n) is 4.23. The van der Waals surface area contributed by atoms with E-state index in [9.17, 15) is 4.79 Å². The summed E-state index contributed by atoms with van der Waals surface area (Å²) in [5.41, 5.74) is 2.16. The molecule has 1 amide bonds. The molecule has 0 radical (unpaired) electrons. The lowest BCUT2D eigenvalue weighted by atomic mass is 10.1. The molecule has 1 N–H and O–H groups in total. The second kappa shape index (κ2) is 7.99. The monoisotopic (exact) mass is 385 g/mol. The van der Waals surface area contributed by atoms with Gasteiger partial charge in [0.2, 0.25) is 0 Å². The Labute approximate surface area is 160 Å². The molecule has 3 aromatic rings. The Morgan fingerprint density at radius 3 is 2.77 bits per heavy atom. The van der Waals surface area contributed by atoms with Gasteiger partial charge in [0.05, 0.1) is 29.6 Å². The molecule has 0 unspecified atom stereocenters. The number of hydrogen-bond donors (Lipinski definition) is 1. The van der Waals surface area contributed by atoms with E-state index in [-0.39, 0.29) is 5.91 Å². The molecule has 4 heterocycles. The molecule has 0 aliphatic carbocycles. The number of aromatic nitrogens is 1. The van der Waals surface area contributed by atoms with Crippen LogP contribution in [0.4, 0.5) is 5.00 Å². The number of anilines is 1. The van der Waals surface area contributed by atoms with Crippen molar-refractivity contribution in [3.05, 3.63) is 57.9 Å². The molecule has 0 spiro atoms. The van der Waals surface area contributed by atoms with Gasteiger partial charge in [-0.3, -0.25) is 9.78 Å². The molecule has 7 heteroatoms. The summed E-state index contributed by atoms with van der Waals surface area (Å²) in [6.45, 7) is 3.68. The minimum atomic E-state index is -0.0294. The zero-order valence-corrected chi connectivity index (χ0v) is 15.8. The highest BCUT2D eigenvalue weighted by Crippen LogP contribution is 2.39. The Morgan fingerprint density at radius 2 is 2.04 bits per heavy atom. The van der Waals surface area contributed by atoms with E-state index in [1.165, 1.54) is 0 Å². The molecule has 1 aliphatic heterocycles. The molecule has 3 aromatic heterocycles. The van der Waals surface area contributed by atoms with E-state index in [0.29, 0.717) is 19.8 Å². The summed E-state index contributed by atoms with van der Waals surface area (Å²) in [5.74, 6) is -0.0294. The SMILES string of the molecule is O=C(NCc1cccs1)c1cc(-c2ccncc2)c(N2CCOCC2)s1. The van der Waals surface area contributed by atoms with Crippen LogP contribution in [0, 0.1) is 0 Å². The number of rotatable bonds is 5. The number of amides is 1. The van der Waals surface area contributed by atoms with Crippen molar-refractivity contribution in [1.82, 2.24) is 10.3 Å². The molecule has 1 fully saturated rings. The van der Waals surface area contributed by atoms with Crippen LogP contribution in [0.2, 0.25) is 0 Å². The summed E-state index contributed by atoms with van der Waals surface area (Å²) in [6.07, 6.45) is 3.57. The fraction of sp³-hybridized carbons (Fsp3) is 0.263. The Hall–Kier alpha value is -2.22. The van der Waals surface area contributed by atoms with Crippen molar-refractivity contribution in [2.75, 3.05) is 31.2 Å². The van der Waals surface area contributed by atoms with Crippen molar-refractivity contribution in [2.24, 2.45) is 0 Å². The standard InChI is InChI=1S/C19H19N3O2S2/c23-18(21-13-15-2-1-11-25-15)17-12-16(14-3-5-20-6-4-14)19(26-17)22-7-9-24-10-8-22/h1-6,11-12H,7-10,13H2,(H,21,23). The van der Waals surface area contributed by atoms with Crippen molar-refractivity contribution in [3.8, 4) is 11.1 Å². The molecule has 0 atom stereocenters. The van der Waals surface area contributed by atoms with Crippen LogP contribution >= 0.6 is 22.7 Å². The molecule has 1 aliphatic rings. The normalized spacial score (nSPS) is 14.4. The van der Waals surface area contributed by atoms with Crippen LogP contribution in [-0.2, 0) is 11.3 Å². The van der Waals surface area contributed by atoms with E-state index in [1.807, 2.05) is 35.7 Å². The molecule has 0 bridgehead atoms. The Kier molecular flexibility index (Phi) is 5.29. The van der Waals surface area contributed by atoms with Gasteiger partial charge in [-0.15, -0.1) is 22.7 Å². The summed E-state index contributed by atoms with van der Waals surface area (Å²) in [6, 6.07) is 9.99. The van der Waals surface area contributed by atoms with E-state index >= 15 is 0 Å². The highest BCUT2D eigenvalue weighted by molar-refractivity contribution is 7.18. The van der Waals surface area contributed by atoms with Crippen LogP contribution < -0.4 is 10.2 Å². The number of morpholine rings is 1. The lowest BCUT2D eigenvalue weighted by molar-refractivity contribution is 0.0955. The fourth-order valence-corrected chi connectivity index (χ4v) is 4.69. The topological polar surface area (TPSA) is 54.5 Å². The predicted molar refractivity (Wildman–Crippen MR) is 106 cm³/mol. The fourth-order valence-electron chi connectivity index (χ4n) is 2.90. The number of thiophene rings is 2. The number of carbonyl (C=O) groups is 1. The number of pyridine rings is 1. The van der Waals surface area contributed by atoms with Gasteiger partial charge in [-0.25, -0.2) is 0 Å². The zero-order valence-electron chi connectivity index (χ0n) is 14.2. The molecular formula is C19H19N3O2S2. The Morgan fingerprint density at radius 1 is 1.23 bits per heavy atom. The summed E-state index contributed by atoms with van der Waals surface area (Å²) in [7, 11) is 0. The van der Waals surface area contributed by atoms with Crippen LogP contribution in [0.1, 0.15) is 14.5 Å². The average Bonchev–Trinajstić information content (AvgIpc) is 3.37. The molecule has 0 aromatic carbocycles. The van der Waals surface area contributed by atoms with Gasteiger partial charge in [0, 0.05) is 35.9 Å². The predicted octanol–water partition coefficient (Wildman–Crippen LogP) is 3.64. The first-order chi connectivity index (χ1) is 12.8. The summed E-state index contributed by atoms with van der Waals surface area (Å²) in [5, 5.41) is 6.17. The molecule has 1 saturated heterocycles. The number of nitrogens with one attached hydrogen (secondary N) is 1. The summed E-state index contributed by atoms with van der Waals surface area (Å²) in [4.78, 5) is 21.0. The van der Waals surface area contributed by atoms with Gasteiger partial charge in [-0.1, -0.05) is 6.07 Å². The maximum Gasteiger partial charge on any atom is 0.261 e. The maximum absolute atomic E-state index is 12.7. The lowest BCUT2D eigenvalue weighted by Gasteiger charge is -2.28. The maximum atomic E-state index is 12.7. The van der Waals surface area contributed by atoms with Crippen molar-refractivity contribution >= 4 is 33.6 Å². The van der Waals surface area contributed by atoms with Gasteiger partial charge in [0.1, 0.15) is 0 Å². The average molecular weight is 386 g/mol. The number of carbonyl (C=O) groups excluding carboxylic acids is 1. The number of nitrogens with zero attached hydrogens (tertiary/aromatic N) is 2.